The van der Waals surface area contributed by atoms with Crippen LogP contribution < -0.4 is 5.32 Å². The Hall–Kier alpha value is -1.36. The maximum absolute atomic E-state index is 12.9. The van der Waals surface area contributed by atoms with E-state index >= 15 is 0 Å². The number of hydrogen-bond acceptors (Lipinski definition) is 3. The summed E-state index contributed by atoms with van der Waals surface area (Å²) in [5, 5.41) is 13.7. The Bertz CT molecular complexity index is 560. The predicted octanol–water partition coefficient (Wildman–Crippen LogP) is 3.67. The van der Waals surface area contributed by atoms with Gasteiger partial charge in [0.1, 0.15) is 5.82 Å². The number of nitrogens with zero attached hydrogens (tertiary/aromatic N) is 1. The van der Waals surface area contributed by atoms with Gasteiger partial charge in [0.25, 0.3) is 0 Å². The topological polar surface area (TPSA) is 45.1 Å². The number of hydrogen-bond donors (Lipinski definition) is 2. The number of aliphatic hydroxyl groups excluding tert-OH is 1. The van der Waals surface area contributed by atoms with Crippen LogP contribution in [0, 0.1) is 5.95 Å². The lowest BCUT2D eigenvalue weighted by molar-refractivity contribution is 0.191. The Labute approximate surface area is 120 Å². The zero-order valence-electron chi connectivity index (χ0n) is 9.78. The van der Waals surface area contributed by atoms with Gasteiger partial charge in [0.15, 0.2) is 0 Å². The average Bonchev–Trinajstić information content (AvgIpc) is 2.35. The van der Waals surface area contributed by atoms with Gasteiger partial charge in [-0.05, 0) is 35.9 Å². The summed E-state index contributed by atoms with van der Waals surface area (Å²) in [6, 6.07) is 9.23. The molecule has 2 N–H and O–H groups in total. The number of pyridine rings is 1. The van der Waals surface area contributed by atoms with Crippen LogP contribution in [0.15, 0.2) is 36.4 Å². The lowest BCUT2D eigenvalue weighted by Crippen LogP contribution is -2.13. The molecule has 2 rings (SSSR count). The maximum atomic E-state index is 12.9. The van der Waals surface area contributed by atoms with Gasteiger partial charge in [-0.3, -0.25) is 0 Å². The van der Waals surface area contributed by atoms with Crippen molar-refractivity contribution in [1.82, 2.24) is 4.98 Å². The van der Waals surface area contributed by atoms with Crippen molar-refractivity contribution in [3.05, 3.63) is 58.0 Å². The summed E-state index contributed by atoms with van der Waals surface area (Å²) in [6.07, 6.45) is -0.818. The second kappa shape index (κ2) is 6.19. The zero-order valence-corrected chi connectivity index (χ0v) is 11.3. The standard InChI is InChI=1S/C13H11Cl2FN2O/c14-9-4-8(5-10(15)6-9)11(19)7-17-13-3-1-2-12(16)18-13/h1-6,11,19H,7H2,(H,17,18). The van der Waals surface area contributed by atoms with E-state index in [1.54, 1.807) is 24.3 Å². The summed E-state index contributed by atoms with van der Waals surface area (Å²) >= 11 is 11.7. The molecular weight excluding hydrogens is 290 g/mol. The first-order chi connectivity index (χ1) is 9.04. The zero-order chi connectivity index (χ0) is 13.8. The molecule has 0 saturated carbocycles. The van der Waals surface area contributed by atoms with Gasteiger partial charge in [-0.2, -0.15) is 4.39 Å². The smallest absolute Gasteiger partial charge is 0.214 e. The fourth-order valence-electron chi connectivity index (χ4n) is 1.59. The van der Waals surface area contributed by atoms with Gasteiger partial charge >= 0.3 is 0 Å². The molecule has 0 aliphatic heterocycles. The third-order valence-electron chi connectivity index (χ3n) is 2.46. The van der Waals surface area contributed by atoms with Crippen LogP contribution >= 0.6 is 23.2 Å². The molecule has 0 fully saturated rings. The van der Waals surface area contributed by atoms with Gasteiger partial charge in [0.05, 0.1) is 6.10 Å². The molecule has 0 aliphatic carbocycles. The minimum absolute atomic E-state index is 0.174. The summed E-state index contributed by atoms with van der Waals surface area (Å²) in [7, 11) is 0. The number of benzene rings is 1. The molecule has 1 aromatic heterocycles. The molecule has 19 heavy (non-hydrogen) atoms. The van der Waals surface area contributed by atoms with Crippen LogP contribution in [0.4, 0.5) is 10.2 Å². The molecule has 6 heteroatoms. The number of rotatable bonds is 4. The van der Waals surface area contributed by atoms with Crippen LogP contribution in [-0.2, 0) is 0 Å². The second-order valence-corrected chi connectivity index (χ2v) is 4.82. The number of halogens is 3. The fraction of sp³-hybridized carbons (Fsp3) is 0.154. The quantitative estimate of drug-likeness (QED) is 0.847. The van der Waals surface area contributed by atoms with E-state index in [-0.39, 0.29) is 6.54 Å². The van der Waals surface area contributed by atoms with Crippen molar-refractivity contribution in [3.63, 3.8) is 0 Å². The molecule has 100 valence electrons. The second-order valence-electron chi connectivity index (χ2n) is 3.95. The lowest BCUT2D eigenvalue weighted by Gasteiger charge is -2.13. The highest BCUT2D eigenvalue weighted by Gasteiger charge is 2.09. The first-order valence-electron chi connectivity index (χ1n) is 5.55. The third-order valence-corrected chi connectivity index (χ3v) is 2.90. The van der Waals surface area contributed by atoms with Crippen molar-refractivity contribution in [1.29, 1.82) is 0 Å². The summed E-state index contributed by atoms with van der Waals surface area (Å²) in [5.41, 5.74) is 0.585. The Morgan fingerprint density at radius 1 is 1.21 bits per heavy atom. The molecule has 0 radical (unpaired) electrons. The van der Waals surface area contributed by atoms with Gasteiger partial charge in [0, 0.05) is 16.6 Å². The molecule has 0 spiro atoms. The lowest BCUT2D eigenvalue weighted by atomic mass is 10.1. The summed E-state index contributed by atoms with van der Waals surface area (Å²) < 4.78 is 12.9. The molecule has 1 unspecified atom stereocenters. The summed E-state index contributed by atoms with van der Waals surface area (Å²) in [4.78, 5) is 3.63. The van der Waals surface area contributed by atoms with E-state index in [1.807, 2.05) is 0 Å². The number of anilines is 1. The molecule has 0 aliphatic rings. The number of aliphatic hydroxyl groups is 1. The molecule has 1 atom stereocenters. The predicted molar refractivity (Wildman–Crippen MR) is 74.1 cm³/mol. The Morgan fingerprint density at radius 3 is 2.53 bits per heavy atom. The molecule has 0 bridgehead atoms. The molecule has 1 heterocycles. The molecule has 2 aromatic rings. The van der Waals surface area contributed by atoms with E-state index in [0.717, 1.165) is 0 Å². The van der Waals surface area contributed by atoms with Crippen molar-refractivity contribution in [2.75, 3.05) is 11.9 Å². The Kier molecular flexibility index (Phi) is 4.58. The highest BCUT2D eigenvalue weighted by Crippen LogP contribution is 2.23. The summed E-state index contributed by atoms with van der Waals surface area (Å²) in [6.45, 7) is 0.174. The van der Waals surface area contributed by atoms with Crippen molar-refractivity contribution in [3.8, 4) is 0 Å². The average molecular weight is 301 g/mol. The van der Waals surface area contributed by atoms with Crippen molar-refractivity contribution in [2.24, 2.45) is 0 Å². The monoisotopic (exact) mass is 300 g/mol. The molecule has 0 saturated heterocycles. The van der Waals surface area contributed by atoms with E-state index in [2.05, 4.69) is 10.3 Å². The maximum Gasteiger partial charge on any atom is 0.214 e. The van der Waals surface area contributed by atoms with E-state index in [1.165, 1.54) is 12.1 Å². The largest absolute Gasteiger partial charge is 0.387 e. The van der Waals surface area contributed by atoms with E-state index in [9.17, 15) is 9.50 Å². The van der Waals surface area contributed by atoms with Crippen LogP contribution in [0.3, 0.4) is 0 Å². The van der Waals surface area contributed by atoms with Crippen LogP contribution in [0.25, 0.3) is 0 Å². The van der Waals surface area contributed by atoms with E-state index in [0.29, 0.717) is 21.4 Å². The fourth-order valence-corrected chi connectivity index (χ4v) is 2.14. The van der Waals surface area contributed by atoms with Crippen molar-refractivity contribution in [2.45, 2.75) is 6.10 Å². The SMILES string of the molecule is OC(CNc1cccc(F)n1)c1cc(Cl)cc(Cl)c1. The molecule has 0 amide bonds. The Balaban J connectivity index is 2.03. The Morgan fingerprint density at radius 2 is 1.89 bits per heavy atom. The van der Waals surface area contributed by atoms with Crippen molar-refractivity contribution >= 4 is 29.0 Å². The van der Waals surface area contributed by atoms with Gasteiger partial charge in [0.2, 0.25) is 5.95 Å². The first-order valence-corrected chi connectivity index (χ1v) is 6.30. The summed E-state index contributed by atoms with van der Waals surface area (Å²) in [5.74, 6) is -0.225. The van der Waals surface area contributed by atoms with Crippen LogP contribution in [0.5, 0.6) is 0 Å². The highest BCUT2D eigenvalue weighted by molar-refractivity contribution is 6.34. The number of nitrogens with one attached hydrogen (secondary N) is 1. The molecule has 1 aromatic carbocycles. The van der Waals surface area contributed by atoms with Gasteiger partial charge in [-0.25, -0.2) is 4.98 Å². The van der Waals surface area contributed by atoms with Crippen LogP contribution in [0.1, 0.15) is 11.7 Å². The van der Waals surface area contributed by atoms with Gasteiger partial charge < -0.3 is 10.4 Å². The highest BCUT2D eigenvalue weighted by atomic mass is 35.5. The van der Waals surface area contributed by atoms with E-state index in [4.69, 9.17) is 23.2 Å². The minimum Gasteiger partial charge on any atom is -0.387 e. The van der Waals surface area contributed by atoms with Crippen LogP contribution in [-0.4, -0.2) is 16.6 Å². The van der Waals surface area contributed by atoms with Crippen LogP contribution in [0.2, 0.25) is 10.0 Å². The third kappa shape index (κ3) is 4.06. The van der Waals surface area contributed by atoms with Crippen molar-refractivity contribution < 1.29 is 9.50 Å². The van der Waals surface area contributed by atoms with Gasteiger partial charge in [-0.15, -0.1) is 0 Å². The number of aromatic nitrogens is 1. The minimum atomic E-state index is -0.818. The molecule has 3 nitrogen and oxygen atoms in total. The van der Waals surface area contributed by atoms with Gasteiger partial charge in [-0.1, -0.05) is 29.3 Å². The molecular formula is C13H11Cl2FN2O. The first kappa shape index (κ1) is 14.1. The normalized spacial score (nSPS) is 12.2. The van der Waals surface area contributed by atoms with E-state index < -0.39 is 12.1 Å².